The molecule has 2 aromatic carbocycles. The number of halogens is 1. The lowest BCUT2D eigenvalue weighted by Gasteiger charge is -2.11. The van der Waals surface area contributed by atoms with Crippen molar-refractivity contribution in [3.8, 4) is 11.5 Å². The molecule has 0 spiro atoms. The van der Waals surface area contributed by atoms with Crippen molar-refractivity contribution >= 4 is 45.3 Å². The fraction of sp³-hybridized carbons (Fsp3) is 0.125. The number of carbonyl (C=O) groups excluding carboxylic acids is 1. The van der Waals surface area contributed by atoms with Crippen molar-refractivity contribution in [1.29, 1.82) is 0 Å². The van der Waals surface area contributed by atoms with Crippen LogP contribution in [-0.4, -0.2) is 35.4 Å². The summed E-state index contributed by atoms with van der Waals surface area (Å²) in [5.41, 5.74) is 5.27. The second kappa shape index (κ2) is 8.39. The number of hydrogen-bond acceptors (Lipinski definition) is 5. The molecule has 0 aliphatic rings. The maximum atomic E-state index is 12.9. The van der Waals surface area contributed by atoms with E-state index >= 15 is 0 Å². The number of amides is 1. The van der Waals surface area contributed by atoms with Gasteiger partial charge in [0.15, 0.2) is 11.5 Å². The molecule has 1 N–H and O–H groups in total. The van der Waals surface area contributed by atoms with Crippen molar-refractivity contribution in [2.24, 2.45) is 0 Å². The number of aromatic nitrogens is 6. The largest absolute Gasteiger partial charge is 0.306 e. The Kier molecular flexibility index (Phi) is 5.41. The van der Waals surface area contributed by atoms with Gasteiger partial charge in [0.25, 0.3) is 5.91 Å². The van der Waals surface area contributed by atoms with Gasteiger partial charge >= 0.3 is 0 Å². The van der Waals surface area contributed by atoms with Gasteiger partial charge in [0, 0.05) is 9.64 Å². The molecule has 0 bridgehead atoms. The summed E-state index contributed by atoms with van der Waals surface area (Å²) in [6, 6.07) is 15.3. The lowest BCUT2D eigenvalue weighted by Crippen LogP contribution is -2.16. The van der Waals surface area contributed by atoms with E-state index in [1.165, 1.54) is 11.9 Å². The first-order valence-corrected chi connectivity index (χ1v) is 11.4. The van der Waals surface area contributed by atoms with Crippen molar-refractivity contribution in [3.05, 3.63) is 87.0 Å². The van der Waals surface area contributed by atoms with Crippen LogP contribution in [0.3, 0.4) is 0 Å². The molecule has 33 heavy (non-hydrogen) atoms. The van der Waals surface area contributed by atoms with Crippen LogP contribution in [0.2, 0.25) is 0 Å². The minimum absolute atomic E-state index is 0.211. The average molecular weight is 549 g/mol. The van der Waals surface area contributed by atoms with Crippen LogP contribution < -0.4 is 5.32 Å². The van der Waals surface area contributed by atoms with Crippen molar-refractivity contribution < 1.29 is 4.79 Å². The van der Waals surface area contributed by atoms with E-state index < -0.39 is 0 Å². The zero-order valence-electron chi connectivity index (χ0n) is 18.2. The Morgan fingerprint density at radius 2 is 1.82 bits per heavy atom. The molecule has 0 saturated carbocycles. The first kappa shape index (κ1) is 21.3. The topological polar surface area (TPSA) is 90.5 Å². The summed E-state index contributed by atoms with van der Waals surface area (Å²) in [6.45, 7) is 6.01. The van der Waals surface area contributed by atoms with Gasteiger partial charge in [0.2, 0.25) is 0 Å². The van der Waals surface area contributed by atoms with Crippen LogP contribution in [0.5, 0.6) is 0 Å². The lowest BCUT2D eigenvalue weighted by molar-refractivity contribution is 0.102. The molecule has 0 aliphatic heterocycles. The van der Waals surface area contributed by atoms with E-state index in [9.17, 15) is 4.79 Å². The van der Waals surface area contributed by atoms with E-state index in [2.05, 4.69) is 68.0 Å². The third-order valence-electron chi connectivity index (χ3n) is 5.54. The summed E-state index contributed by atoms with van der Waals surface area (Å²) >= 11 is 2.15. The smallest absolute Gasteiger partial charge is 0.257 e. The molecule has 0 unspecified atom stereocenters. The number of nitrogens with zero attached hydrogens (tertiary/aromatic N) is 6. The predicted octanol–water partition coefficient (Wildman–Crippen LogP) is 4.78. The summed E-state index contributed by atoms with van der Waals surface area (Å²) in [5.74, 6) is 0.858. The van der Waals surface area contributed by atoms with Crippen LogP contribution >= 0.6 is 22.6 Å². The Balaban J connectivity index is 1.60. The molecule has 0 atom stereocenters. The zero-order valence-corrected chi connectivity index (χ0v) is 20.4. The van der Waals surface area contributed by atoms with Crippen LogP contribution in [0.25, 0.3) is 22.5 Å². The van der Waals surface area contributed by atoms with Gasteiger partial charge in [-0.15, -0.1) is 0 Å². The molecular weight excluding hydrogens is 529 g/mol. The average Bonchev–Trinajstić information content (AvgIpc) is 3.39. The number of hydrogen-bond donors (Lipinski definition) is 1. The van der Waals surface area contributed by atoms with Crippen molar-refractivity contribution in [1.82, 2.24) is 29.5 Å². The van der Waals surface area contributed by atoms with Gasteiger partial charge < -0.3 is 5.32 Å². The second-order valence-corrected chi connectivity index (χ2v) is 8.89. The number of carbonyl (C=O) groups is 1. The van der Waals surface area contributed by atoms with E-state index in [0.717, 1.165) is 25.9 Å². The summed E-state index contributed by atoms with van der Waals surface area (Å²) in [5, 5.41) is 12.9. The van der Waals surface area contributed by atoms with Crippen molar-refractivity contribution in [2.75, 3.05) is 5.32 Å². The van der Waals surface area contributed by atoms with Gasteiger partial charge in [-0.2, -0.15) is 14.9 Å². The first-order valence-electron chi connectivity index (χ1n) is 10.3. The molecule has 5 rings (SSSR count). The molecule has 9 heteroatoms. The van der Waals surface area contributed by atoms with Crippen molar-refractivity contribution in [3.63, 3.8) is 0 Å². The van der Waals surface area contributed by atoms with Gasteiger partial charge in [-0.3, -0.25) is 4.79 Å². The van der Waals surface area contributed by atoms with Gasteiger partial charge in [-0.05, 0) is 72.7 Å². The van der Waals surface area contributed by atoms with Crippen LogP contribution in [-0.2, 0) is 0 Å². The van der Waals surface area contributed by atoms with Gasteiger partial charge in [0.1, 0.15) is 12.1 Å². The van der Waals surface area contributed by atoms with Gasteiger partial charge in [-0.1, -0.05) is 24.3 Å². The number of aryl methyl sites for hydroxylation is 2. The highest BCUT2D eigenvalue weighted by molar-refractivity contribution is 14.1. The highest BCUT2D eigenvalue weighted by Crippen LogP contribution is 2.26. The summed E-state index contributed by atoms with van der Waals surface area (Å²) in [4.78, 5) is 21.9. The Morgan fingerprint density at radius 1 is 1.00 bits per heavy atom. The molecule has 8 nitrogen and oxygen atoms in total. The normalized spacial score (nSPS) is 11.2. The molecule has 0 aliphatic carbocycles. The van der Waals surface area contributed by atoms with Crippen LogP contribution in [0.4, 0.5) is 5.82 Å². The molecule has 164 valence electrons. The van der Waals surface area contributed by atoms with Crippen LogP contribution in [0.1, 0.15) is 27.2 Å². The monoisotopic (exact) mass is 549 g/mol. The highest BCUT2D eigenvalue weighted by Gasteiger charge is 2.19. The molecule has 0 radical (unpaired) electrons. The summed E-state index contributed by atoms with van der Waals surface area (Å²) in [7, 11) is 0. The molecular formula is C24H20IN7O. The fourth-order valence-electron chi connectivity index (χ4n) is 3.72. The van der Waals surface area contributed by atoms with Crippen LogP contribution in [0, 0.1) is 24.3 Å². The second-order valence-electron chi connectivity index (χ2n) is 7.73. The summed E-state index contributed by atoms with van der Waals surface area (Å²) < 4.78 is 4.31. The number of nitrogens with one attached hydrogen (secondary N) is 1. The minimum Gasteiger partial charge on any atom is -0.306 e. The van der Waals surface area contributed by atoms with Gasteiger partial charge in [-0.25, -0.2) is 14.6 Å². The molecule has 5 aromatic rings. The third kappa shape index (κ3) is 3.78. The standard InChI is InChI=1S/C24H20IN7O/c1-14-7-6-10-20(16(14)3)31-22-18(12-28-31)23(27-13-26-22)32-21(11-15(2)30-32)29-24(33)17-8-4-5-9-19(17)25/h4-13H,1-3H3,(H,29,33). The van der Waals surface area contributed by atoms with E-state index in [1.54, 1.807) is 16.9 Å². The minimum atomic E-state index is -0.211. The number of rotatable bonds is 4. The van der Waals surface area contributed by atoms with E-state index in [0.29, 0.717) is 22.8 Å². The quantitative estimate of drug-likeness (QED) is 0.326. The predicted molar refractivity (Wildman–Crippen MR) is 135 cm³/mol. The zero-order chi connectivity index (χ0) is 23.1. The molecule has 3 heterocycles. The van der Waals surface area contributed by atoms with E-state index in [1.807, 2.05) is 48.0 Å². The maximum Gasteiger partial charge on any atom is 0.257 e. The first-order chi connectivity index (χ1) is 15.9. The Bertz CT molecular complexity index is 1520. The van der Waals surface area contributed by atoms with Crippen molar-refractivity contribution in [2.45, 2.75) is 20.8 Å². The molecule has 3 aromatic heterocycles. The Morgan fingerprint density at radius 3 is 2.64 bits per heavy atom. The Hall–Kier alpha value is -3.60. The number of benzene rings is 2. The Labute approximate surface area is 203 Å². The van der Waals surface area contributed by atoms with Crippen LogP contribution in [0.15, 0.2) is 61.1 Å². The third-order valence-corrected chi connectivity index (χ3v) is 6.48. The molecule has 1 amide bonds. The maximum absolute atomic E-state index is 12.9. The van der Waals surface area contributed by atoms with E-state index in [-0.39, 0.29) is 5.91 Å². The lowest BCUT2D eigenvalue weighted by atomic mass is 10.1. The highest BCUT2D eigenvalue weighted by atomic mass is 127. The number of anilines is 1. The van der Waals surface area contributed by atoms with E-state index in [4.69, 9.17) is 0 Å². The summed E-state index contributed by atoms with van der Waals surface area (Å²) in [6.07, 6.45) is 3.22. The number of fused-ring (bicyclic) bond motifs is 1. The van der Waals surface area contributed by atoms with Gasteiger partial charge in [0.05, 0.1) is 28.5 Å². The molecule has 0 fully saturated rings. The molecule has 0 saturated heterocycles. The SMILES string of the molecule is Cc1cc(NC(=O)c2ccccc2I)n(-c2ncnc3c2cnn3-c2cccc(C)c2C)n1. The fourth-order valence-corrected chi connectivity index (χ4v) is 4.35.